The van der Waals surface area contributed by atoms with Gasteiger partial charge in [0, 0.05) is 32.2 Å². The van der Waals surface area contributed by atoms with E-state index in [1.54, 1.807) is 19.2 Å². The first kappa shape index (κ1) is 19.4. The van der Waals surface area contributed by atoms with Crippen molar-refractivity contribution in [1.29, 1.82) is 0 Å². The summed E-state index contributed by atoms with van der Waals surface area (Å²) in [5, 5.41) is 0.638. The molecule has 1 saturated heterocycles. The predicted molar refractivity (Wildman–Crippen MR) is 116 cm³/mol. The normalized spacial score (nSPS) is 21.8. The van der Waals surface area contributed by atoms with Crippen LogP contribution in [0.1, 0.15) is 37.1 Å². The Bertz CT molecular complexity index is 1120. The Labute approximate surface area is 170 Å². The van der Waals surface area contributed by atoms with E-state index in [1.165, 1.54) is 0 Å². The third-order valence-corrected chi connectivity index (χ3v) is 5.78. The molecule has 2 aromatic rings. The Kier molecular flexibility index (Phi) is 5.46. The summed E-state index contributed by atoms with van der Waals surface area (Å²) in [5.74, 6) is 7.01. The Morgan fingerprint density at radius 2 is 2.28 bits per heavy atom. The molecule has 2 aliphatic rings. The van der Waals surface area contributed by atoms with Gasteiger partial charge in [-0.2, -0.15) is 0 Å². The SMILES string of the molecule is C=C/C=C\C(C#Cc1ccc2c(=O)n3c(nc2c1)CCC1(CCCO1)CC3)=NC. The second-order valence-corrected chi connectivity index (χ2v) is 7.56. The van der Waals surface area contributed by atoms with Gasteiger partial charge in [-0.15, -0.1) is 0 Å². The summed E-state index contributed by atoms with van der Waals surface area (Å²) in [4.78, 5) is 22.1. The predicted octanol–water partition coefficient (Wildman–Crippen LogP) is 3.45. The standard InChI is InChI=1S/C24H25N3O2/c1-3-4-6-19(25-2)9-7-18-8-10-20-21(17-18)26-22-11-13-24(12-5-16-29-24)14-15-27(22)23(20)28/h3-4,6,8,10,17H,1,5,11-16H2,2H3/b6-4-,25-19?. The molecular formula is C24H25N3O2. The van der Waals surface area contributed by atoms with Gasteiger partial charge in [0.2, 0.25) is 0 Å². The Hall–Kier alpha value is -2.97. The van der Waals surface area contributed by atoms with Crippen LogP contribution in [0.5, 0.6) is 0 Å². The molecule has 0 amide bonds. The quantitative estimate of drug-likeness (QED) is 0.451. The third kappa shape index (κ3) is 3.94. The summed E-state index contributed by atoms with van der Waals surface area (Å²) >= 11 is 0. The van der Waals surface area contributed by atoms with Gasteiger partial charge in [0.1, 0.15) is 11.5 Å². The molecule has 0 bridgehead atoms. The number of hydrogen-bond donors (Lipinski definition) is 0. The van der Waals surface area contributed by atoms with Crippen molar-refractivity contribution in [2.75, 3.05) is 13.7 Å². The number of aliphatic imine (C=N–C) groups is 1. The van der Waals surface area contributed by atoms with Gasteiger partial charge in [0.15, 0.2) is 0 Å². The van der Waals surface area contributed by atoms with Gasteiger partial charge in [0.25, 0.3) is 5.56 Å². The van der Waals surface area contributed by atoms with Crippen LogP contribution >= 0.6 is 0 Å². The van der Waals surface area contributed by atoms with Crippen molar-refractivity contribution in [3.05, 3.63) is 64.7 Å². The molecule has 148 valence electrons. The average Bonchev–Trinajstić information content (AvgIpc) is 3.12. The molecule has 4 rings (SSSR count). The van der Waals surface area contributed by atoms with Crippen molar-refractivity contribution in [1.82, 2.24) is 9.55 Å². The molecule has 2 aliphatic heterocycles. The number of allylic oxidation sites excluding steroid dienone is 3. The number of aromatic nitrogens is 2. The highest BCUT2D eigenvalue weighted by molar-refractivity contribution is 6.09. The number of ether oxygens (including phenoxy) is 1. The summed E-state index contributed by atoms with van der Waals surface area (Å²) in [6, 6.07) is 5.59. The molecular weight excluding hydrogens is 362 g/mol. The molecule has 1 atom stereocenters. The van der Waals surface area contributed by atoms with E-state index in [0.29, 0.717) is 23.2 Å². The number of aryl methyl sites for hydroxylation is 1. The van der Waals surface area contributed by atoms with E-state index in [1.807, 2.05) is 28.8 Å². The first-order valence-corrected chi connectivity index (χ1v) is 10.1. The molecule has 0 radical (unpaired) electrons. The van der Waals surface area contributed by atoms with Gasteiger partial charge in [-0.25, -0.2) is 4.98 Å². The summed E-state index contributed by atoms with van der Waals surface area (Å²) < 4.78 is 7.90. The van der Waals surface area contributed by atoms with Crippen molar-refractivity contribution in [2.45, 2.75) is 44.2 Å². The van der Waals surface area contributed by atoms with Crippen LogP contribution in [0.2, 0.25) is 0 Å². The van der Waals surface area contributed by atoms with Crippen LogP contribution in [0, 0.1) is 11.8 Å². The lowest BCUT2D eigenvalue weighted by Gasteiger charge is -2.25. The monoisotopic (exact) mass is 387 g/mol. The maximum absolute atomic E-state index is 13.1. The van der Waals surface area contributed by atoms with Crippen molar-refractivity contribution < 1.29 is 4.74 Å². The number of hydrogen-bond acceptors (Lipinski definition) is 4. The maximum Gasteiger partial charge on any atom is 0.261 e. The molecule has 1 spiro atoms. The number of benzene rings is 1. The van der Waals surface area contributed by atoms with Crippen molar-refractivity contribution in [3.8, 4) is 11.8 Å². The van der Waals surface area contributed by atoms with E-state index in [-0.39, 0.29) is 11.2 Å². The summed E-state index contributed by atoms with van der Waals surface area (Å²) in [7, 11) is 1.70. The van der Waals surface area contributed by atoms with Gasteiger partial charge >= 0.3 is 0 Å². The Morgan fingerprint density at radius 1 is 1.38 bits per heavy atom. The number of fused-ring (bicyclic) bond motifs is 2. The summed E-state index contributed by atoms with van der Waals surface area (Å²) in [6.45, 7) is 5.15. The van der Waals surface area contributed by atoms with Gasteiger partial charge in [0.05, 0.1) is 16.5 Å². The van der Waals surface area contributed by atoms with Crippen molar-refractivity contribution in [2.24, 2.45) is 4.99 Å². The summed E-state index contributed by atoms with van der Waals surface area (Å²) in [6.07, 6.45) is 10.1. The molecule has 3 heterocycles. The first-order chi connectivity index (χ1) is 14.1. The minimum absolute atomic E-state index is 0.0317. The highest BCUT2D eigenvalue weighted by atomic mass is 16.5. The molecule has 29 heavy (non-hydrogen) atoms. The first-order valence-electron chi connectivity index (χ1n) is 10.1. The van der Waals surface area contributed by atoms with E-state index >= 15 is 0 Å². The fourth-order valence-corrected chi connectivity index (χ4v) is 4.16. The molecule has 5 heteroatoms. The molecule has 0 saturated carbocycles. The van der Waals surface area contributed by atoms with E-state index in [0.717, 1.165) is 50.1 Å². The van der Waals surface area contributed by atoms with Gasteiger partial charge in [-0.1, -0.05) is 24.7 Å². The average molecular weight is 387 g/mol. The van der Waals surface area contributed by atoms with E-state index < -0.39 is 0 Å². The Balaban J connectivity index is 1.68. The zero-order valence-electron chi connectivity index (χ0n) is 16.8. The highest BCUT2D eigenvalue weighted by Crippen LogP contribution is 2.35. The van der Waals surface area contributed by atoms with E-state index in [9.17, 15) is 4.79 Å². The molecule has 1 fully saturated rings. The van der Waals surface area contributed by atoms with Crippen LogP contribution < -0.4 is 5.56 Å². The lowest BCUT2D eigenvalue weighted by atomic mass is 9.91. The van der Waals surface area contributed by atoms with Crippen LogP contribution in [0.4, 0.5) is 0 Å². The van der Waals surface area contributed by atoms with Gasteiger partial charge in [-0.3, -0.25) is 14.4 Å². The highest BCUT2D eigenvalue weighted by Gasteiger charge is 2.37. The molecule has 1 unspecified atom stereocenters. The minimum atomic E-state index is -0.0716. The minimum Gasteiger partial charge on any atom is -0.375 e. The molecule has 5 nitrogen and oxygen atoms in total. The Morgan fingerprint density at radius 3 is 3.03 bits per heavy atom. The number of rotatable bonds is 2. The van der Waals surface area contributed by atoms with E-state index in [2.05, 4.69) is 23.4 Å². The smallest absolute Gasteiger partial charge is 0.261 e. The molecule has 1 aromatic carbocycles. The lowest BCUT2D eigenvalue weighted by Crippen LogP contribution is -2.29. The maximum atomic E-state index is 13.1. The van der Waals surface area contributed by atoms with E-state index in [4.69, 9.17) is 9.72 Å². The number of nitrogens with zero attached hydrogens (tertiary/aromatic N) is 3. The zero-order valence-corrected chi connectivity index (χ0v) is 16.8. The zero-order chi connectivity index (χ0) is 20.3. The molecule has 0 N–H and O–H groups in total. The fraction of sp³-hybridized carbons (Fsp3) is 0.375. The molecule has 1 aromatic heterocycles. The molecule has 0 aliphatic carbocycles. The van der Waals surface area contributed by atoms with Crippen LogP contribution in [0.3, 0.4) is 0 Å². The second-order valence-electron chi connectivity index (χ2n) is 7.56. The topological polar surface area (TPSA) is 56.5 Å². The van der Waals surface area contributed by atoms with Crippen LogP contribution in [-0.4, -0.2) is 34.5 Å². The van der Waals surface area contributed by atoms with Crippen LogP contribution in [0.25, 0.3) is 10.9 Å². The van der Waals surface area contributed by atoms with Crippen molar-refractivity contribution in [3.63, 3.8) is 0 Å². The van der Waals surface area contributed by atoms with Gasteiger partial charge < -0.3 is 4.74 Å². The van der Waals surface area contributed by atoms with Crippen LogP contribution in [-0.2, 0) is 17.7 Å². The summed E-state index contributed by atoms with van der Waals surface area (Å²) in [5.41, 5.74) is 2.14. The fourth-order valence-electron chi connectivity index (χ4n) is 4.16. The largest absolute Gasteiger partial charge is 0.375 e. The van der Waals surface area contributed by atoms with Crippen molar-refractivity contribution >= 4 is 16.6 Å². The third-order valence-electron chi connectivity index (χ3n) is 5.78. The lowest BCUT2D eigenvalue weighted by molar-refractivity contribution is -0.00907. The van der Waals surface area contributed by atoms with Crippen LogP contribution in [0.15, 0.2) is 52.8 Å². The van der Waals surface area contributed by atoms with Gasteiger partial charge in [-0.05, 0) is 55.9 Å². The second kappa shape index (κ2) is 8.18.